The molecule has 0 saturated heterocycles. The molecular weight excluding hydrogens is 256 g/mol. The summed E-state index contributed by atoms with van der Waals surface area (Å²) in [4.78, 5) is 25.0. The van der Waals surface area contributed by atoms with Crippen LogP contribution in [0.5, 0.6) is 0 Å². The highest BCUT2D eigenvalue weighted by molar-refractivity contribution is 5.82. The number of anilines is 1. The van der Waals surface area contributed by atoms with Crippen LogP contribution in [0.4, 0.5) is 5.69 Å². The SMILES string of the molecule is CCCN(CC(=O)OC)C(=O)CCc1cccc(N)c1. The van der Waals surface area contributed by atoms with E-state index in [0.717, 1.165) is 12.0 Å². The van der Waals surface area contributed by atoms with Crippen LogP contribution in [-0.4, -0.2) is 37.0 Å². The Hall–Kier alpha value is -2.04. The molecule has 1 amide bonds. The molecule has 0 atom stereocenters. The number of aryl methyl sites for hydroxylation is 1. The fraction of sp³-hybridized carbons (Fsp3) is 0.467. The van der Waals surface area contributed by atoms with E-state index >= 15 is 0 Å². The summed E-state index contributed by atoms with van der Waals surface area (Å²) < 4.78 is 4.61. The number of nitrogen functional groups attached to an aromatic ring is 1. The van der Waals surface area contributed by atoms with Gasteiger partial charge in [-0.1, -0.05) is 19.1 Å². The van der Waals surface area contributed by atoms with Gasteiger partial charge in [0.15, 0.2) is 0 Å². The van der Waals surface area contributed by atoms with Gasteiger partial charge in [-0.3, -0.25) is 9.59 Å². The molecule has 0 unspecified atom stereocenters. The number of esters is 1. The number of nitrogens with zero attached hydrogens (tertiary/aromatic N) is 1. The van der Waals surface area contributed by atoms with Crippen LogP contribution >= 0.6 is 0 Å². The highest BCUT2D eigenvalue weighted by atomic mass is 16.5. The van der Waals surface area contributed by atoms with Crippen LogP contribution in [0.25, 0.3) is 0 Å². The Labute approximate surface area is 119 Å². The van der Waals surface area contributed by atoms with Gasteiger partial charge in [0.1, 0.15) is 6.54 Å². The lowest BCUT2D eigenvalue weighted by molar-refractivity contribution is -0.147. The highest BCUT2D eigenvalue weighted by Gasteiger charge is 2.16. The molecule has 0 radical (unpaired) electrons. The van der Waals surface area contributed by atoms with Gasteiger partial charge in [0.25, 0.3) is 0 Å². The fourth-order valence-electron chi connectivity index (χ4n) is 1.94. The predicted octanol–water partition coefficient (Wildman–Crippen LogP) is 1.61. The molecule has 2 N–H and O–H groups in total. The zero-order valence-corrected chi connectivity index (χ0v) is 12.1. The van der Waals surface area contributed by atoms with Crippen molar-refractivity contribution in [2.24, 2.45) is 0 Å². The Bertz CT molecular complexity index is 460. The molecule has 1 aromatic carbocycles. The lowest BCUT2D eigenvalue weighted by Crippen LogP contribution is -2.36. The van der Waals surface area contributed by atoms with E-state index in [1.807, 2.05) is 31.2 Å². The van der Waals surface area contributed by atoms with E-state index in [1.54, 1.807) is 0 Å². The summed E-state index contributed by atoms with van der Waals surface area (Å²) in [6.07, 6.45) is 1.78. The number of carbonyl (C=O) groups excluding carboxylic acids is 2. The first-order valence-electron chi connectivity index (χ1n) is 6.75. The van der Waals surface area contributed by atoms with E-state index in [0.29, 0.717) is 25.1 Å². The lowest BCUT2D eigenvalue weighted by Gasteiger charge is -2.20. The minimum Gasteiger partial charge on any atom is -0.468 e. The molecule has 110 valence electrons. The number of methoxy groups -OCH3 is 1. The van der Waals surface area contributed by atoms with Crippen LogP contribution in [0.3, 0.4) is 0 Å². The van der Waals surface area contributed by atoms with Crippen molar-refractivity contribution in [2.75, 3.05) is 25.9 Å². The van der Waals surface area contributed by atoms with Crippen molar-refractivity contribution < 1.29 is 14.3 Å². The Morgan fingerprint density at radius 2 is 2.10 bits per heavy atom. The largest absolute Gasteiger partial charge is 0.468 e. The quantitative estimate of drug-likeness (QED) is 0.607. The van der Waals surface area contributed by atoms with Gasteiger partial charge >= 0.3 is 5.97 Å². The number of hydrogen-bond acceptors (Lipinski definition) is 4. The van der Waals surface area contributed by atoms with E-state index in [4.69, 9.17) is 5.73 Å². The van der Waals surface area contributed by atoms with Gasteiger partial charge in [0, 0.05) is 18.7 Å². The number of carbonyl (C=O) groups is 2. The molecule has 0 bridgehead atoms. The Balaban J connectivity index is 2.55. The molecule has 0 heterocycles. The number of hydrogen-bond donors (Lipinski definition) is 1. The summed E-state index contributed by atoms with van der Waals surface area (Å²) in [6, 6.07) is 7.48. The first kappa shape index (κ1) is 16.0. The van der Waals surface area contributed by atoms with Crippen molar-refractivity contribution >= 4 is 17.6 Å². The van der Waals surface area contributed by atoms with Crippen LogP contribution in [-0.2, 0) is 20.7 Å². The summed E-state index contributed by atoms with van der Waals surface area (Å²) in [6.45, 7) is 2.54. The minimum absolute atomic E-state index is 0.0140. The molecule has 0 fully saturated rings. The number of nitrogens with two attached hydrogens (primary N) is 1. The maximum absolute atomic E-state index is 12.1. The maximum atomic E-state index is 12.1. The van der Waals surface area contributed by atoms with E-state index in [2.05, 4.69) is 4.74 Å². The van der Waals surface area contributed by atoms with E-state index in [1.165, 1.54) is 12.0 Å². The average molecular weight is 278 g/mol. The molecule has 0 aromatic heterocycles. The summed E-state index contributed by atoms with van der Waals surface area (Å²) in [5, 5.41) is 0. The fourth-order valence-corrected chi connectivity index (χ4v) is 1.94. The molecule has 1 rings (SSSR count). The van der Waals surface area contributed by atoms with Crippen molar-refractivity contribution in [3.8, 4) is 0 Å². The van der Waals surface area contributed by atoms with Crippen molar-refractivity contribution in [1.29, 1.82) is 0 Å². The molecule has 0 aliphatic rings. The Morgan fingerprint density at radius 3 is 2.70 bits per heavy atom. The zero-order chi connectivity index (χ0) is 15.0. The number of benzene rings is 1. The van der Waals surface area contributed by atoms with Gasteiger partial charge in [-0.25, -0.2) is 0 Å². The summed E-state index contributed by atoms with van der Waals surface area (Å²) >= 11 is 0. The van der Waals surface area contributed by atoms with Gasteiger partial charge in [-0.05, 0) is 30.5 Å². The minimum atomic E-state index is -0.393. The molecule has 1 aromatic rings. The third-order valence-electron chi connectivity index (χ3n) is 2.97. The zero-order valence-electron chi connectivity index (χ0n) is 12.1. The number of ether oxygens (including phenoxy) is 1. The van der Waals surface area contributed by atoms with Gasteiger partial charge < -0.3 is 15.4 Å². The molecule has 0 spiro atoms. The lowest BCUT2D eigenvalue weighted by atomic mass is 10.1. The smallest absolute Gasteiger partial charge is 0.325 e. The van der Waals surface area contributed by atoms with Crippen LogP contribution in [0.15, 0.2) is 24.3 Å². The van der Waals surface area contributed by atoms with Crippen molar-refractivity contribution in [1.82, 2.24) is 4.90 Å². The third kappa shape index (κ3) is 5.30. The monoisotopic (exact) mass is 278 g/mol. The highest BCUT2D eigenvalue weighted by Crippen LogP contribution is 2.10. The second-order valence-corrected chi connectivity index (χ2v) is 4.64. The maximum Gasteiger partial charge on any atom is 0.325 e. The molecule has 5 nitrogen and oxygen atoms in total. The summed E-state index contributed by atoms with van der Waals surface area (Å²) in [7, 11) is 1.32. The van der Waals surface area contributed by atoms with Crippen molar-refractivity contribution in [3.05, 3.63) is 29.8 Å². The number of rotatable bonds is 7. The first-order valence-corrected chi connectivity index (χ1v) is 6.75. The normalized spacial score (nSPS) is 10.1. The molecule has 0 saturated carbocycles. The standard InChI is InChI=1S/C15H22N2O3/c1-3-9-17(11-15(19)20-2)14(18)8-7-12-5-4-6-13(16)10-12/h4-6,10H,3,7-9,11,16H2,1-2H3. The second-order valence-electron chi connectivity index (χ2n) is 4.64. The van der Waals surface area contributed by atoms with Crippen LogP contribution in [0, 0.1) is 0 Å². The summed E-state index contributed by atoms with van der Waals surface area (Å²) in [5.41, 5.74) is 7.41. The van der Waals surface area contributed by atoms with Crippen LogP contribution in [0.2, 0.25) is 0 Å². The topological polar surface area (TPSA) is 72.6 Å². The average Bonchev–Trinajstić information content (AvgIpc) is 2.44. The van der Waals surface area contributed by atoms with Crippen LogP contribution in [0.1, 0.15) is 25.3 Å². The second kappa shape index (κ2) is 8.19. The van der Waals surface area contributed by atoms with Crippen molar-refractivity contribution in [2.45, 2.75) is 26.2 Å². The van der Waals surface area contributed by atoms with Gasteiger partial charge in [0.05, 0.1) is 7.11 Å². The van der Waals surface area contributed by atoms with Gasteiger partial charge in [-0.2, -0.15) is 0 Å². The molecule has 20 heavy (non-hydrogen) atoms. The molecule has 0 aliphatic carbocycles. The first-order chi connectivity index (χ1) is 9.56. The Kier molecular flexibility index (Phi) is 6.56. The third-order valence-corrected chi connectivity index (χ3v) is 2.97. The van der Waals surface area contributed by atoms with Crippen LogP contribution < -0.4 is 5.73 Å². The molecule has 5 heteroatoms. The predicted molar refractivity (Wildman–Crippen MR) is 78.1 cm³/mol. The summed E-state index contributed by atoms with van der Waals surface area (Å²) in [5.74, 6) is -0.435. The molecule has 0 aliphatic heterocycles. The molecular formula is C15H22N2O3. The van der Waals surface area contributed by atoms with E-state index in [9.17, 15) is 9.59 Å². The van der Waals surface area contributed by atoms with Crippen molar-refractivity contribution in [3.63, 3.8) is 0 Å². The Morgan fingerprint density at radius 1 is 1.35 bits per heavy atom. The van der Waals surface area contributed by atoms with E-state index in [-0.39, 0.29) is 12.5 Å². The number of amides is 1. The van der Waals surface area contributed by atoms with E-state index < -0.39 is 5.97 Å². The van der Waals surface area contributed by atoms with Gasteiger partial charge in [-0.15, -0.1) is 0 Å². The van der Waals surface area contributed by atoms with Gasteiger partial charge in [0.2, 0.25) is 5.91 Å².